The molecule has 1 aromatic carbocycles. The van der Waals surface area contributed by atoms with Gasteiger partial charge in [-0.25, -0.2) is 0 Å². The van der Waals surface area contributed by atoms with Crippen molar-refractivity contribution in [2.24, 2.45) is 0 Å². The van der Waals surface area contributed by atoms with Gasteiger partial charge in [0, 0.05) is 21.8 Å². The average Bonchev–Trinajstić information content (AvgIpc) is 3.00. The lowest BCUT2D eigenvalue weighted by Gasteiger charge is -2.04. The van der Waals surface area contributed by atoms with E-state index in [-0.39, 0.29) is 0 Å². The summed E-state index contributed by atoms with van der Waals surface area (Å²) in [6.45, 7) is 0. The van der Waals surface area contributed by atoms with E-state index in [0.717, 1.165) is 16.5 Å². The van der Waals surface area contributed by atoms with Gasteiger partial charge in [0.05, 0.1) is 0 Å². The molecule has 3 rings (SSSR count). The van der Waals surface area contributed by atoms with Crippen molar-refractivity contribution in [2.45, 2.75) is 23.0 Å². The monoisotopic (exact) mass is 232 g/mol. The van der Waals surface area contributed by atoms with Crippen LogP contribution in [0.1, 0.15) is 12.8 Å². The highest BCUT2D eigenvalue weighted by atomic mass is 32.2. The summed E-state index contributed by atoms with van der Waals surface area (Å²) in [5.41, 5.74) is 7.48. The smallest absolute Gasteiger partial charge is 0.222 e. The van der Waals surface area contributed by atoms with E-state index in [4.69, 9.17) is 10.3 Å². The number of nitrogens with two attached hydrogens (primary N) is 1. The summed E-state index contributed by atoms with van der Waals surface area (Å²) in [7, 11) is 0. The average molecular weight is 232 g/mol. The van der Waals surface area contributed by atoms with Crippen LogP contribution in [0.2, 0.25) is 0 Å². The molecular weight excluding hydrogens is 220 g/mol. The van der Waals surface area contributed by atoms with Crippen LogP contribution in [0.3, 0.4) is 0 Å². The number of hydrogen-bond donors (Lipinski definition) is 1. The second-order valence-electron chi connectivity index (χ2n) is 3.93. The Balaban J connectivity index is 1.98. The van der Waals surface area contributed by atoms with Gasteiger partial charge in [0.15, 0.2) is 0 Å². The molecule has 2 aromatic rings. The van der Waals surface area contributed by atoms with Crippen LogP contribution in [0, 0.1) is 0 Å². The predicted octanol–water partition coefficient (Wildman–Crippen LogP) is 3.18. The summed E-state index contributed by atoms with van der Waals surface area (Å²) in [6.07, 6.45) is 2.64. The Kier molecular flexibility index (Phi) is 2.36. The zero-order valence-corrected chi connectivity index (χ0v) is 9.54. The summed E-state index contributed by atoms with van der Waals surface area (Å²) >= 11 is 1.92. The lowest BCUT2D eigenvalue weighted by atomic mass is 10.1. The normalized spacial score (nSPS) is 15.2. The van der Waals surface area contributed by atoms with Gasteiger partial charge in [0.25, 0.3) is 0 Å². The lowest BCUT2D eigenvalue weighted by molar-refractivity contribution is 0.439. The van der Waals surface area contributed by atoms with Crippen molar-refractivity contribution in [3.63, 3.8) is 0 Å². The van der Waals surface area contributed by atoms with Gasteiger partial charge in [-0.05, 0) is 18.9 Å². The Morgan fingerprint density at radius 1 is 1.31 bits per heavy atom. The van der Waals surface area contributed by atoms with E-state index < -0.39 is 0 Å². The van der Waals surface area contributed by atoms with Gasteiger partial charge in [0.2, 0.25) is 5.88 Å². The quantitative estimate of drug-likeness (QED) is 0.883. The van der Waals surface area contributed by atoms with Crippen molar-refractivity contribution in [3.8, 4) is 11.3 Å². The van der Waals surface area contributed by atoms with Crippen molar-refractivity contribution in [3.05, 3.63) is 30.3 Å². The standard InChI is InChI=1S/C12H12N2OS/c13-12-7-10(14-15-12)9-3-1-2-4-11(9)16-8-5-6-8/h1-4,7-8H,5-6,13H2. The van der Waals surface area contributed by atoms with E-state index >= 15 is 0 Å². The van der Waals surface area contributed by atoms with Crippen LogP contribution in [0.15, 0.2) is 39.8 Å². The number of nitrogen functional groups attached to an aromatic ring is 1. The van der Waals surface area contributed by atoms with E-state index in [9.17, 15) is 0 Å². The maximum absolute atomic E-state index is 5.54. The van der Waals surface area contributed by atoms with Gasteiger partial charge < -0.3 is 10.3 Å². The number of hydrogen-bond acceptors (Lipinski definition) is 4. The topological polar surface area (TPSA) is 52.0 Å². The maximum atomic E-state index is 5.54. The Hall–Kier alpha value is -1.42. The molecular formula is C12H12N2OS. The summed E-state index contributed by atoms with van der Waals surface area (Å²) in [5.74, 6) is 0.362. The molecule has 0 bridgehead atoms. The first-order valence-corrected chi connectivity index (χ1v) is 6.19. The Bertz CT molecular complexity index is 505. The van der Waals surface area contributed by atoms with Crippen LogP contribution in [0.4, 0.5) is 5.88 Å². The fraction of sp³-hybridized carbons (Fsp3) is 0.250. The largest absolute Gasteiger partial charge is 0.368 e. The van der Waals surface area contributed by atoms with Crippen LogP contribution < -0.4 is 5.73 Å². The molecule has 0 atom stereocenters. The third-order valence-corrected chi connectivity index (χ3v) is 3.92. The first-order chi connectivity index (χ1) is 7.83. The summed E-state index contributed by atoms with van der Waals surface area (Å²) < 4.78 is 4.91. The van der Waals surface area contributed by atoms with Crippen LogP contribution in [-0.4, -0.2) is 10.4 Å². The zero-order chi connectivity index (χ0) is 11.0. The third kappa shape index (κ3) is 1.93. The van der Waals surface area contributed by atoms with Crippen molar-refractivity contribution in [1.29, 1.82) is 0 Å². The number of nitrogens with zero attached hydrogens (tertiary/aromatic N) is 1. The molecule has 3 nitrogen and oxygen atoms in total. The molecule has 1 saturated carbocycles. The molecule has 2 N–H and O–H groups in total. The fourth-order valence-corrected chi connectivity index (χ4v) is 2.75. The van der Waals surface area contributed by atoms with Gasteiger partial charge in [-0.3, -0.25) is 0 Å². The highest BCUT2D eigenvalue weighted by molar-refractivity contribution is 8.00. The minimum absolute atomic E-state index is 0.362. The van der Waals surface area contributed by atoms with Gasteiger partial charge >= 0.3 is 0 Å². The van der Waals surface area contributed by atoms with Crippen LogP contribution >= 0.6 is 11.8 Å². The molecule has 4 heteroatoms. The summed E-state index contributed by atoms with van der Waals surface area (Å²) in [5, 5.41) is 4.74. The minimum Gasteiger partial charge on any atom is -0.368 e. The number of anilines is 1. The number of aromatic nitrogens is 1. The molecule has 1 fully saturated rings. The summed E-state index contributed by atoms with van der Waals surface area (Å²) in [6, 6.07) is 10.0. The van der Waals surface area contributed by atoms with Gasteiger partial charge in [-0.2, -0.15) is 0 Å². The Morgan fingerprint density at radius 2 is 2.12 bits per heavy atom. The first-order valence-electron chi connectivity index (χ1n) is 5.31. The minimum atomic E-state index is 0.362. The third-order valence-electron chi connectivity index (χ3n) is 2.51. The highest BCUT2D eigenvalue weighted by Gasteiger charge is 2.24. The summed E-state index contributed by atoms with van der Waals surface area (Å²) in [4.78, 5) is 1.26. The van der Waals surface area contributed by atoms with Gasteiger partial charge in [-0.15, -0.1) is 11.8 Å². The maximum Gasteiger partial charge on any atom is 0.222 e. The van der Waals surface area contributed by atoms with E-state index in [2.05, 4.69) is 23.4 Å². The van der Waals surface area contributed by atoms with Crippen LogP contribution in [0.25, 0.3) is 11.3 Å². The zero-order valence-electron chi connectivity index (χ0n) is 8.72. The second kappa shape index (κ2) is 3.87. The molecule has 0 amide bonds. The molecule has 1 heterocycles. The molecule has 0 saturated heterocycles. The van der Waals surface area contributed by atoms with E-state index in [1.54, 1.807) is 6.07 Å². The molecule has 82 valence electrons. The molecule has 16 heavy (non-hydrogen) atoms. The first kappa shape index (κ1) is 9.78. The predicted molar refractivity (Wildman–Crippen MR) is 65.2 cm³/mol. The SMILES string of the molecule is Nc1cc(-c2ccccc2SC2CC2)no1. The van der Waals surface area contributed by atoms with Crippen LogP contribution in [-0.2, 0) is 0 Å². The number of thioether (sulfide) groups is 1. The van der Waals surface area contributed by atoms with E-state index in [1.807, 2.05) is 17.8 Å². The molecule has 0 radical (unpaired) electrons. The molecule has 0 unspecified atom stereocenters. The van der Waals surface area contributed by atoms with Crippen molar-refractivity contribution in [1.82, 2.24) is 5.16 Å². The Labute approximate surface area is 98.0 Å². The lowest BCUT2D eigenvalue weighted by Crippen LogP contribution is -1.83. The van der Waals surface area contributed by atoms with Crippen molar-refractivity contribution in [2.75, 3.05) is 5.73 Å². The number of benzene rings is 1. The molecule has 1 aliphatic rings. The Morgan fingerprint density at radius 3 is 2.81 bits per heavy atom. The van der Waals surface area contributed by atoms with Crippen LogP contribution in [0.5, 0.6) is 0 Å². The van der Waals surface area contributed by atoms with Gasteiger partial charge in [-0.1, -0.05) is 23.4 Å². The molecule has 0 aliphatic heterocycles. The van der Waals surface area contributed by atoms with Crippen molar-refractivity contribution < 1.29 is 4.52 Å². The number of rotatable bonds is 3. The molecule has 1 aromatic heterocycles. The van der Waals surface area contributed by atoms with E-state index in [1.165, 1.54) is 17.7 Å². The van der Waals surface area contributed by atoms with Crippen molar-refractivity contribution >= 4 is 17.6 Å². The van der Waals surface area contributed by atoms with E-state index in [0.29, 0.717) is 5.88 Å². The van der Waals surface area contributed by atoms with Gasteiger partial charge in [0.1, 0.15) is 5.69 Å². The molecule has 0 spiro atoms. The fourth-order valence-electron chi connectivity index (χ4n) is 1.56. The highest BCUT2D eigenvalue weighted by Crippen LogP contribution is 2.42. The second-order valence-corrected chi connectivity index (χ2v) is 5.27. The molecule has 1 aliphatic carbocycles.